The quantitative estimate of drug-likeness (QED) is 0.892. The number of rotatable bonds is 3. The molecule has 98 valence electrons. The minimum atomic E-state index is -0.485. The summed E-state index contributed by atoms with van der Waals surface area (Å²) < 4.78 is 0. The van der Waals surface area contributed by atoms with Crippen molar-refractivity contribution >= 4 is 17.5 Å². The third kappa shape index (κ3) is 2.91. The molecule has 5 heteroatoms. The Hall–Kier alpha value is -2.35. The third-order valence-electron chi connectivity index (χ3n) is 3.22. The van der Waals surface area contributed by atoms with Crippen molar-refractivity contribution < 1.29 is 9.59 Å². The summed E-state index contributed by atoms with van der Waals surface area (Å²) in [5.74, 6) is -0.209. The summed E-state index contributed by atoms with van der Waals surface area (Å²) in [5.41, 5.74) is 1.06. The molecule has 1 aliphatic rings. The molecule has 19 heavy (non-hydrogen) atoms. The lowest BCUT2D eigenvalue weighted by Gasteiger charge is -2.23. The van der Waals surface area contributed by atoms with E-state index < -0.39 is 6.04 Å². The Morgan fingerprint density at radius 3 is 2.95 bits per heavy atom. The molecule has 2 rings (SSSR count). The topological polar surface area (TPSA) is 73.2 Å². The van der Waals surface area contributed by atoms with E-state index in [2.05, 4.69) is 5.32 Å². The Morgan fingerprint density at radius 1 is 1.53 bits per heavy atom. The summed E-state index contributed by atoms with van der Waals surface area (Å²) in [6.45, 7) is 2.35. The molecule has 1 fully saturated rings. The first-order valence-electron chi connectivity index (χ1n) is 6.22. The molecule has 0 bridgehead atoms. The molecule has 1 aromatic rings. The molecular weight excluding hydrogens is 242 g/mol. The standard InChI is InChI=1S/C14H15N3O2/c1-10(17-7-3-6-13(17)18)14(19)16-12-5-2-4-11(8-12)9-15/h2,4-5,8,10H,3,6-7H2,1H3,(H,16,19). The average Bonchev–Trinajstić information content (AvgIpc) is 2.84. The van der Waals surface area contributed by atoms with Crippen molar-refractivity contribution in [1.82, 2.24) is 4.90 Å². The highest BCUT2D eigenvalue weighted by molar-refractivity contribution is 5.97. The smallest absolute Gasteiger partial charge is 0.246 e. The van der Waals surface area contributed by atoms with Crippen LogP contribution in [0.4, 0.5) is 5.69 Å². The van der Waals surface area contributed by atoms with Crippen molar-refractivity contribution in [2.45, 2.75) is 25.8 Å². The van der Waals surface area contributed by atoms with Crippen molar-refractivity contribution in [2.75, 3.05) is 11.9 Å². The Morgan fingerprint density at radius 2 is 2.32 bits per heavy atom. The summed E-state index contributed by atoms with van der Waals surface area (Å²) in [4.78, 5) is 25.2. The molecular formula is C14H15N3O2. The molecule has 0 spiro atoms. The number of hydrogen-bond acceptors (Lipinski definition) is 3. The van der Waals surface area contributed by atoms with Gasteiger partial charge in [-0.15, -0.1) is 0 Å². The van der Waals surface area contributed by atoms with Gasteiger partial charge in [-0.1, -0.05) is 6.07 Å². The minimum absolute atomic E-state index is 0.0217. The first kappa shape index (κ1) is 13.1. The molecule has 0 radical (unpaired) electrons. The summed E-state index contributed by atoms with van der Waals surface area (Å²) in [6, 6.07) is 8.24. The number of hydrogen-bond donors (Lipinski definition) is 1. The van der Waals surface area contributed by atoms with E-state index in [9.17, 15) is 9.59 Å². The molecule has 0 aliphatic carbocycles. The fourth-order valence-corrected chi connectivity index (χ4v) is 2.13. The molecule has 1 heterocycles. The molecule has 1 unspecified atom stereocenters. The Labute approximate surface area is 111 Å². The molecule has 1 aromatic carbocycles. The van der Waals surface area contributed by atoms with Crippen LogP contribution in [0.2, 0.25) is 0 Å². The zero-order valence-electron chi connectivity index (χ0n) is 10.7. The van der Waals surface area contributed by atoms with Crippen molar-refractivity contribution in [2.24, 2.45) is 0 Å². The molecule has 5 nitrogen and oxygen atoms in total. The normalized spacial score (nSPS) is 16.0. The van der Waals surface area contributed by atoms with Gasteiger partial charge in [-0.05, 0) is 31.5 Å². The lowest BCUT2D eigenvalue weighted by atomic mass is 10.2. The molecule has 0 saturated carbocycles. The fourth-order valence-electron chi connectivity index (χ4n) is 2.13. The van der Waals surface area contributed by atoms with Gasteiger partial charge in [0.05, 0.1) is 11.6 Å². The number of likely N-dealkylation sites (tertiary alicyclic amines) is 1. The van der Waals surface area contributed by atoms with Crippen molar-refractivity contribution in [1.29, 1.82) is 5.26 Å². The van der Waals surface area contributed by atoms with E-state index >= 15 is 0 Å². The molecule has 1 aliphatic heterocycles. The second kappa shape index (κ2) is 5.53. The van der Waals surface area contributed by atoms with Crippen LogP contribution in [-0.2, 0) is 9.59 Å². The number of carbonyl (C=O) groups is 2. The van der Waals surface area contributed by atoms with E-state index in [4.69, 9.17) is 5.26 Å². The van der Waals surface area contributed by atoms with E-state index in [1.807, 2.05) is 6.07 Å². The monoisotopic (exact) mass is 257 g/mol. The van der Waals surface area contributed by atoms with Gasteiger partial charge in [0, 0.05) is 18.7 Å². The van der Waals surface area contributed by atoms with Gasteiger partial charge in [-0.3, -0.25) is 9.59 Å². The maximum Gasteiger partial charge on any atom is 0.246 e. The van der Waals surface area contributed by atoms with Crippen LogP contribution in [0.1, 0.15) is 25.3 Å². The number of nitrogens with one attached hydrogen (secondary N) is 1. The summed E-state index contributed by atoms with van der Waals surface area (Å²) >= 11 is 0. The summed E-state index contributed by atoms with van der Waals surface area (Å²) in [5, 5.41) is 11.5. The van der Waals surface area contributed by atoms with Crippen LogP contribution >= 0.6 is 0 Å². The maximum absolute atomic E-state index is 12.1. The number of nitriles is 1. The largest absolute Gasteiger partial charge is 0.331 e. The Bertz CT molecular complexity index is 548. The van der Waals surface area contributed by atoms with Crippen LogP contribution in [0.3, 0.4) is 0 Å². The zero-order valence-corrected chi connectivity index (χ0v) is 10.7. The van der Waals surface area contributed by atoms with Gasteiger partial charge in [0.1, 0.15) is 6.04 Å². The van der Waals surface area contributed by atoms with Crippen molar-refractivity contribution in [3.05, 3.63) is 29.8 Å². The van der Waals surface area contributed by atoms with Crippen LogP contribution in [-0.4, -0.2) is 29.3 Å². The number of carbonyl (C=O) groups excluding carboxylic acids is 2. The van der Waals surface area contributed by atoms with Crippen molar-refractivity contribution in [3.63, 3.8) is 0 Å². The second-order valence-electron chi connectivity index (χ2n) is 4.55. The first-order chi connectivity index (χ1) is 9.11. The SMILES string of the molecule is CC(C(=O)Nc1cccc(C#N)c1)N1CCCC1=O. The number of anilines is 1. The minimum Gasteiger partial charge on any atom is -0.331 e. The number of amides is 2. The summed E-state index contributed by atoms with van der Waals surface area (Å²) in [6.07, 6.45) is 1.32. The van der Waals surface area contributed by atoms with Gasteiger partial charge in [-0.25, -0.2) is 0 Å². The predicted molar refractivity (Wildman–Crippen MR) is 70.2 cm³/mol. The number of nitrogens with zero attached hydrogens (tertiary/aromatic N) is 2. The molecule has 1 atom stereocenters. The van der Waals surface area contributed by atoms with Gasteiger partial charge in [0.15, 0.2) is 0 Å². The van der Waals surface area contributed by atoms with Gasteiger partial charge in [0.2, 0.25) is 11.8 Å². The van der Waals surface area contributed by atoms with E-state index in [0.717, 1.165) is 6.42 Å². The van der Waals surface area contributed by atoms with Crippen molar-refractivity contribution in [3.8, 4) is 6.07 Å². The van der Waals surface area contributed by atoms with E-state index in [-0.39, 0.29) is 11.8 Å². The Balaban J connectivity index is 2.04. The number of benzene rings is 1. The van der Waals surface area contributed by atoms with Gasteiger partial charge < -0.3 is 10.2 Å². The summed E-state index contributed by atoms with van der Waals surface area (Å²) in [7, 11) is 0. The predicted octanol–water partition coefficient (Wildman–Crippen LogP) is 1.51. The van der Waals surface area contributed by atoms with Gasteiger partial charge in [-0.2, -0.15) is 5.26 Å². The van der Waals surface area contributed by atoms with E-state index in [1.54, 1.807) is 36.1 Å². The third-order valence-corrected chi connectivity index (χ3v) is 3.22. The molecule has 1 saturated heterocycles. The highest BCUT2D eigenvalue weighted by Gasteiger charge is 2.29. The highest BCUT2D eigenvalue weighted by Crippen LogP contribution is 2.16. The van der Waals surface area contributed by atoms with Gasteiger partial charge >= 0.3 is 0 Å². The molecule has 2 amide bonds. The van der Waals surface area contributed by atoms with Crippen LogP contribution in [0.25, 0.3) is 0 Å². The van der Waals surface area contributed by atoms with Crippen LogP contribution in [0.5, 0.6) is 0 Å². The molecule has 0 aromatic heterocycles. The maximum atomic E-state index is 12.1. The zero-order chi connectivity index (χ0) is 13.8. The Kier molecular flexibility index (Phi) is 3.81. The van der Waals surface area contributed by atoms with E-state index in [0.29, 0.717) is 24.2 Å². The molecule has 1 N–H and O–H groups in total. The fraction of sp³-hybridized carbons (Fsp3) is 0.357. The second-order valence-corrected chi connectivity index (χ2v) is 4.55. The van der Waals surface area contributed by atoms with Gasteiger partial charge in [0.25, 0.3) is 0 Å². The van der Waals surface area contributed by atoms with E-state index in [1.165, 1.54) is 0 Å². The first-order valence-corrected chi connectivity index (χ1v) is 6.22. The van der Waals surface area contributed by atoms with Crippen LogP contribution in [0.15, 0.2) is 24.3 Å². The lowest BCUT2D eigenvalue weighted by molar-refractivity contribution is -0.134. The highest BCUT2D eigenvalue weighted by atomic mass is 16.2. The lowest BCUT2D eigenvalue weighted by Crippen LogP contribution is -2.42. The van der Waals surface area contributed by atoms with Crippen LogP contribution < -0.4 is 5.32 Å². The average molecular weight is 257 g/mol. The van der Waals surface area contributed by atoms with Crippen LogP contribution in [0, 0.1) is 11.3 Å².